The first-order chi connectivity index (χ1) is 7.61. The highest BCUT2D eigenvalue weighted by Crippen LogP contribution is 2.42. The van der Waals surface area contributed by atoms with E-state index in [1.807, 2.05) is 0 Å². The maximum atomic E-state index is 11.6. The van der Waals surface area contributed by atoms with Crippen molar-refractivity contribution in [2.45, 2.75) is 39.0 Å². The standard InChI is InChI=1S/C11H17N3OS/c1-6(2)5-8-13-9(7-3-4-7)10(16-8)11(15)14-12/h6-7H,3-5,12H2,1-2H3,(H,14,15). The van der Waals surface area contributed by atoms with Gasteiger partial charge < -0.3 is 0 Å². The van der Waals surface area contributed by atoms with E-state index in [0.29, 0.717) is 16.7 Å². The molecule has 0 aromatic carbocycles. The van der Waals surface area contributed by atoms with E-state index in [4.69, 9.17) is 5.84 Å². The molecule has 16 heavy (non-hydrogen) atoms. The van der Waals surface area contributed by atoms with Crippen LogP contribution in [0.1, 0.15) is 53.0 Å². The first kappa shape index (κ1) is 11.5. The Bertz CT molecular complexity index is 396. The molecule has 3 N–H and O–H groups in total. The smallest absolute Gasteiger partial charge is 0.277 e. The normalized spacial score (nSPS) is 15.5. The molecule has 88 valence electrons. The summed E-state index contributed by atoms with van der Waals surface area (Å²) >= 11 is 1.49. The van der Waals surface area contributed by atoms with Gasteiger partial charge in [0, 0.05) is 12.3 Å². The van der Waals surface area contributed by atoms with Crippen LogP contribution in [0.5, 0.6) is 0 Å². The van der Waals surface area contributed by atoms with Gasteiger partial charge in [0.05, 0.1) is 10.7 Å². The van der Waals surface area contributed by atoms with Gasteiger partial charge in [0.1, 0.15) is 4.88 Å². The molecule has 2 rings (SSSR count). The maximum absolute atomic E-state index is 11.6. The summed E-state index contributed by atoms with van der Waals surface area (Å²) < 4.78 is 0. The SMILES string of the molecule is CC(C)Cc1nc(C2CC2)c(C(=O)NN)s1. The van der Waals surface area contributed by atoms with Crippen LogP contribution in [0.25, 0.3) is 0 Å². The summed E-state index contributed by atoms with van der Waals surface area (Å²) in [4.78, 5) is 16.9. The molecule has 1 fully saturated rings. The predicted octanol–water partition coefficient (Wildman–Crippen LogP) is 1.82. The molecular formula is C11H17N3OS. The maximum Gasteiger partial charge on any atom is 0.277 e. The molecule has 0 radical (unpaired) electrons. The number of rotatable bonds is 4. The molecule has 0 saturated heterocycles. The fraction of sp³-hybridized carbons (Fsp3) is 0.636. The third kappa shape index (κ3) is 2.41. The second-order valence-corrected chi connectivity index (χ2v) is 5.75. The van der Waals surface area contributed by atoms with Crippen molar-refractivity contribution in [3.05, 3.63) is 15.6 Å². The first-order valence-corrected chi connectivity index (χ1v) is 6.44. The van der Waals surface area contributed by atoms with E-state index in [2.05, 4.69) is 24.3 Å². The van der Waals surface area contributed by atoms with Gasteiger partial charge in [-0.1, -0.05) is 13.8 Å². The molecule has 1 aliphatic rings. The van der Waals surface area contributed by atoms with Crippen molar-refractivity contribution in [3.8, 4) is 0 Å². The second-order valence-electron chi connectivity index (χ2n) is 4.67. The Kier molecular flexibility index (Phi) is 3.25. The van der Waals surface area contributed by atoms with E-state index in [1.165, 1.54) is 11.3 Å². The Morgan fingerprint density at radius 3 is 2.81 bits per heavy atom. The summed E-state index contributed by atoms with van der Waals surface area (Å²) in [5.74, 6) is 6.04. The van der Waals surface area contributed by atoms with Crippen molar-refractivity contribution < 1.29 is 4.79 Å². The largest absolute Gasteiger partial charge is 0.289 e. The average Bonchev–Trinajstić information content (AvgIpc) is 2.99. The van der Waals surface area contributed by atoms with Gasteiger partial charge in [0.15, 0.2) is 0 Å². The van der Waals surface area contributed by atoms with E-state index in [-0.39, 0.29) is 5.91 Å². The summed E-state index contributed by atoms with van der Waals surface area (Å²) in [7, 11) is 0. The van der Waals surface area contributed by atoms with Crippen LogP contribution in [0.15, 0.2) is 0 Å². The van der Waals surface area contributed by atoms with Crippen LogP contribution >= 0.6 is 11.3 Å². The number of carbonyl (C=O) groups excluding carboxylic acids is 1. The Morgan fingerprint density at radius 2 is 2.31 bits per heavy atom. The highest BCUT2D eigenvalue weighted by Gasteiger charge is 2.31. The molecule has 5 heteroatoms. The van der Waals surface area contributed by atoms with Crippen LogP contribution in [0.2, 0.25) is 0 Å². The van der Waals surface area contributed by atoms with Gasteiger partial charge in [-0.25, -0.2) is 10.8 Å². The highest BCUT2D eigenvalue weighted by atomic mass is 32.1. The minimum atomic E-state index is -0.200. The summed E-state index contributed by atoms with van der Waals surface area (Å²) in [5, 5.41) is 1.05. The fourth-order valence-corrected chi connectivity index (χ4v) is 2.94. The lowest BCUT2D eigenvalue weighted by molar-refractivity contribution is 0.0956. The number of nitrogens with one attached hydrogen (secondary N) is 1. The van der Waals surface area contributed by atoms with Crippen molar-refractivity contribution in [1.29, 1.82) is 0 Å². The molecular weight excluding hydrogens is 222 g/mol. The average molecular weight is 239 g/mol. The summed E-state index contributed by atoms with van der Waals surface area (Å²) in [6.07, 6.45) is 3.23. The van der Waals surface area contributed by atoms with Crippen molar-refractivity contribution in [1.82, 2.24) is 10.4 Å². The van der Waals surface area contributed by atoms with E-state index >= 15 is 0 Å². The van der Waals surface area contributed by atoms with Crippen LogP contribution in [-0.4, -0.2) is 10.9 Å². The zero-order valence-electron chi connectivity index (χ0n) is 9.62. The fourth-order valence-electron chi connectivity index (χ4n) is 1.68. The van der Waals surface area contributed by atoms with Gasteiger partial charge >= 0.3 is 0 Å². The molecule has 0 aliphatic heterocycles. The lowest BCUT2D eigenvalue weighted by atomic mass is 10.1. The number of nitrogens with two attached hydrogens (primary N) is 1. The van der Waals surface area contributed by atoms with Crippen molar-refractivity contribution in [2.24, 2.45) is 11.8 Å². The molecule has 1 heterocycles. The number of aromatic nitrogens is 1. The van der Waals surface area contributed by atoms with Crippen molar-refractivity contribution >= 4 is 17.2 Å². The van der Waals surface area contributed by atoms with Gasteiger partial charge in [0.2, 0.25) is 0 Å². The number of hydrazine groups is 1. The minimum absolute atomic E-state index is 0.200. The third-order valence-corrected chi connectivity index (χ3v) is 3.67. The molecule has 1 saturated carbocycles. The molecule has 0 bridgehead atoms. The van der Waals surface area contributed by atoms with Crippen LogP contribution in [0, 0.1) is 5.92 Å². The molecule has 4 nitrogen and oxygen atoms in total. The number of carbonyl (C=O) groups is 1. The topological polar surface area (TPSA) is 68.0 Å². The summed E-state index contributed by atoms with van der Waals surface area (Å²) in [5.41, 5.74) is 3.16. The first-order valence-electron chi connectivity index (χ1n) is 5.62. The summed E-state index contributed by atoms with van der Waals surface area (Å²) in [6.45, 7) is 4.31. The van der Waals surface area contributed by atoms with E-state index < -0.39 is 0 Å². The number of amides is 1. The number of hydrogen-bond donors (Lipinski definition) is 2. The molecule has 1 aromatic rings. The Morgan fingerprint density at radius 1 is 1.62 bits per heavy atom. The zero-order chi connectivity index (χ0) is 11.7. The van der Waals surface area contributed by atoms with Crippen molar-refractivity contribution in [3.63, 3.8) is 0 Å². The number of hydrogen-bond acceptors (Lipinski definition) is 4. The van der Waals surface area contributed by atoms with Gasteiger partial charge in [0.25, 0.3) is 5.91 Å². The quantitative estimate of drug-likeness (QED) is 0.478. The van der Waals surface area contributed by atoms with E-state index in [9.17, 15) is 4.79 Å². The monoisotopic (exact) mass is 239 g/mol. The Labute approximate surface area is 99.2 Å². The number of nitrogens with zero attached hydrogens (tertiary/aromatic N) is 1. The van der Waals surface area contributed by atoms with Crippen molar-refractivity contribution in [2.75, 3.05) is 0 Å². The Hall–Kier alpha value is -0.940. The molecule has 0 spiro atoms. The van der Waals surface area contributed by atoms with E-state index in [0.717, 1.165) is 30.0 Å². The number of thiazole rings is 1. The number of nitrogen functional groups attached to an aromatic ring is 1. The van der Waals surface area contributed by atoms with Crippen LogP contribution < -0.4 is 11.3 Å². The summed E-state index contributed by atoms with van der Waals surface area (Å²) in [6, 6.07) is 0. The lowest BCUT2D eigenvalue weighted by Gasteiger charge is -1.98. The zero-order valence-corrected chi connectivity index (χ0v) is 10.4. The molecule has 1 aliphatic carbocycles. The van der Waals surface area contributed by atoms with Gasteiger partial charge in [-0.3, -0.25) is 10.2 Å². The van der Waals surface area contributed by atoms with Gasteiger partial charge in [-0.05, 0) is 18.8 Å². The van der Waals surface area contributed by atoms with Crippen LogP contribution in [0.3, 0.4) is 0 Å². The third-order valence-electron chi connectivity index (χ3n) is 2.58. The lowest BCUT2D eigenvalue weighted by Crippen LogP contribution is -2.30. The molecule has 1 amide bonds. The second kappa shape index (κ2) is 4.51. The van der Waals surface area contributed by atoms with Gasteiger partial charge in [-0.2, -0.15) is 0 Å². The van der Waals surface area contributed by atoms with Gasteiger partial charge in [-0.15, -0.1) is 11.3 Å². The minimum Gasteiger partial charge on any atom is -0.289 e. The van der Waals surface area contributed by atoms with Crippen LogP contribution in [0.4, 0.5) is 0 Å². The predicted molar refractivity (Wildman–Crippen MR) is 64.3 cm³/mol. The highest BCUT2D eigenvalue weighted by molar-refractivity contribution is 7.13. The molecule has 1 aromatic heterocycles. The molecule has 0 atom stereocenters. The Balaban J connectivity index is 2.26. The molecule has 0 unspecified atom stereocenters. The van der Waals surface area contributed by atoms with E-state index in [1.54, 1.807) is 0 Å². The van der Waals surface area contributed by atoms with Crippen LogP contribution in [-0.2, 0) is 6.42 Å².